The fourth-order valence-electron chi connectivity index (χ4n) is 2.11. The molecular weight excluding hydrogens is 180 g/mol. The molecule has 0 saturated heterocycles. The molecule has 0 nitrogen and oxygen atoms in total. The van der Waals surface area contributed by atoms with Gasteiger partial charge in [0.1, 0.15) is 0 Å². The highest BCUT2D eigenvalue weighted by Gasteiger charge is 2.18. The van der Waals surface area contributed by atoms with E-state index in [-0.39, 0.29) is 0 Å². The van der Waals surface area contributed by atoms with Crippen molar-refractivity contribution in [3.8, 4) is 0 Å². The Balaban J connectivity index is 2.46. The fourth-order valence-corrected chi connectivity index (χ4v) is 2.11. The van der Waals surface area contributed by atoms with Gasteiger partial charge in [-0.15, -0.1) is 0 Å². The molecule has 1 aromatic rings. The van der Waals surface area contributed by atoms with Gasteiger partial charge in [0.2, 0.25) is 0 Å². The third-order valence-electron chi connectivity index (χ3n) is 2.81. The van der Waals surface area contributed by atoms with E-state index in [1.54, 1.807) is 0 Å². The predicted octanol–water partition coefficient (Wildman–Crippen LogP) is 4.15. The van der Waals surface area contributed by atoms with Crippen LogP contribution < -0.4 is 0 Å². The molecule has 0 bridgehead atoms. The van der Waals surface area contributed by atoms with Gasteiger partial charge < -0.3 is 0 Å². The average Bonchev–Trinajstić information content (AvgIpc) is 2.63. The predicted molar refractivity (Wildman–Crippen MR) is 66.7 cm³/mol. The zero-order chi connectivity index (χ0) is 10.7. The van der Waals surface area contributed by atoms with Crippen LogP contribution in [0.25, 0.3) is 5.57 Å². The quantitative estimate of drug-likeness (QED) is 0.633. The molecule has 0 aromatic heterocycles. The lowest BCUT2D eigenvalue weighted by Crippen LogP contribution is -1.78. The van der Waals surface area contributed by atoms with Gasteiger partial charge in [-0.05, 0) is 42.5 Å². The third-order valence-corrected chi connectivity index (χ3v) is 2.81. The lowest BCUT2D eigenvalue weighted by atomic mass is 10.1. The zero-order valence-electron chi connectivity index (χ0n) is 9.33. The van der Waals surface area contributed by atoms with Crippen molar-refractivity contribution in [3.05, 3.63) is 65.3 Å². The highest BCUT2D eigenvalue weighted by atomic mass is 14.2. The van der Waals surface area contributed by atoms with Crippen LogP contribution in [0.4, 0.5) is 0 Å². The van der Waals surface area contributed by atoms with Crippen LogP contribution in [0, 0.1) is 0 Å². The van der Waals surface area contributed by atoms with Crippen LogP contribution in [-0.4, -0.2) is 0 Å². The largest absolute Gasteiger partial charge is 0.0877 e. The molecule has 0 amide bonds. The van der Waals surface area contributed by atoms with Crippen LogP contribution >= 0.6 is 0 Å². The summed E-state index contributed by atoms with van der Waals surface area (Å²) >= 11 is 0. The molecule has 0 heteroatoms. The van der Waals surface area contributed by atoms with Gasteiger partial charge in [0.05, 0.1) is 0 Å². The zero-order valence-corrected chi connectivity index (χ0v) is 9.33. The SMILES string of the molecule is C\C=C/C=C1/Cc2ccccc2/C1=C/C. The van der Waals surface area contributed by atoms with Crippen molar-refractivity contribution in [1.29, 1.82) is 0 Å². The summed E-state index contributed by atoms with van der Waals surface area (Å²) in [4.78, 5) is 0. The Morgan fingerprint density at radius 1 is 1.13 bits per heavy atom. The van der Waals surface area contributed by atoms with Gasteiger partial charge in [-0.1, -0.05) is 48.6 Å². The van der Waals surface area contributed by atoms with Crippen LogP contribution in [0.1, 0.15) is 25.0 Å². The summed E-state index contributed by atoms with van der Waals surface area (Å²) < 4.78 is 0. The van der Waals surface area contributed by atoms with E-state index in [1.165, 1.54) is 22.3 Å². The Kier molecular flexibility index (Phi) is 2.86. The van der Waals surface area contributed by atoms with Crippen LogP contribution in [0.2, 0.25) is 0 Å². The van der Waals surface area contributed by atoms with Crippen molar-refractivity contribution in [2.24, 2.45) is 0 Å². The summed E-state index contributed by atoms with van der Waals surface area (Å²) in [6, 6.07) is 8.65. The van der Waals surface area contributed by atoms with Crippen LogP contribution in [-0.2, 0) is 6.42 Å². The van der Waals surface area contributed by atoms with Crippen LogP contribution in [0.5, 0.6) is 0 Å². The number of fused-ring (bicyclic) bond motifs is 1. The highest BCUT2D eigenvalue weighted by Crippen LogP contribution is 2.36. The normalized spacial score (nSPS) is 20.4. The molecule has 0 fully saturated rings. The van der Waals surface area contributed by atoms with E-state index in [0.717, 1.165) is 6.42 Å². The molecular formula is C15H16. The van der Waals surface area contributed by atoms with Crippen molar-refractivity contribution >= 4 is 5.57 Å². The van der Waals surface area contributed by atoms with E-state index in [1.807, 2.05) is 0 Å². The minimum atomic E-state index is 1.07. The second-order valence-electron chi connectivity index (χ2n) is 3.75. The molecule has 0 unspecified atom stereocenters. The first-order valence-electron chi connectivity index (χ1n) is 5.43. The summed E-state index contributed by atoms with van der Waals surface area (Å²) in [6.07, 6.45) is 9.69. The molecule has 0 aliphatic heterocycles. The molecule has 0 spiro atoms. The summed E-state index contributed by atoms with van der Waals surface area (Å²) in [7, 11) is 0. The minimum absolute atomic E-state index is 1.07. The van der Waals surface area contributed by atoms with Crippen molar-refractivity contribution in [2.45, 2.75) is 20.3 Å². The Morgan fingerprint density at radius 2 is 1.93 bits per heavy atom. The maximum Gasteiger partial charge on any atom is -0.00136 e. The van der Waals surface area contributed by atoms with Crippen LogP contribution in [0.15, 0.2) is 54.1 Å². The average molecular weight is 196 g/mol. The molecule has 76 valence electrons. The molecule has 15 heavy (non-hydrogen) atoms. The smallest absolute Gasteiger partial charge is 0.00136 e. The van der Waals surface area contributed by atoms with Gasteiger partial charge in [-0.3, -0.25) is 0 Å². The maximum absolute atomic E-state index is 2.22. The number of benzene rings is 1. The Bertz CT molecular complexity index is 445. The molecule has 0 saturated carbocycles. The van der Waals surface area contributed by atoms with E-state index < -0.39 is 0 Å². The minimum Gasteiger partial charge on any atom is -0.0877 e. The van der Waals surface area contributed by atoms with Gasteiger partial charge in [0, 0.05) is 0 Å². The highest BCUT2D eigenvalue weighted by molar-refractivity contribution is 5.86. The first-order chi connectivity index (χ1) is 7.36. The van der Waals surface area contributed by atoms with E-state index in [4.69, 9.17) is 0 Å². The lowest BCUT2D eigenvalue weighted by molar-refractivity contribution is 1.27. The molecule has 0 N–H and O–H groups in total. The summed E-state index contributed by atoms with van der Waals surface area (Å²) in [6.45, 7) is 4.16. The summed E-state index contributed by atoms with van der Waals surface area (Å²) in [5, 5.41) is 0. The second kappa shape index (κ2) is 4.31. The number of hydrogen-bond donors (Lipinski definition) is 0. The molecule has 1 aromatic carbocycles. The topological polar surface area (TPSA) is 0 Å². The third kappa shape index (κ3) is 1.80. The molecule has 0 heterocycles. The van der Waals surface area contributed by atoms with Crippen LogP contribution in [0.3, 0.4) is 0 Å². The van der Waals surface area contributed by atoms with Gasteiger partial charge in [0.25, 0.3) is 0 Å². The summed E-state index contributed by atoms with van der Waals surface area (Å²) in [5.74, 6) is 0. The van der Waals surface area contributed by atoms with E-state index >= 15 is 0 Å². The molecule has 0 radical (unpaired) electrons. The first kappa shape index (κ1) is 9.97. The standard InChI is InChI=1S/C15H16/c1-3-5-8-12-11-13-9-6-7-10-15(13)14(12)4-2/h3-10H,11H2,1-2H3/b5-3-,12-8-,14-4+. The first-order valence-corrected chi connectivity index (χ1v) is 5.43. The number of hydrogen-bond acceptors (Lipinski definition) is 0. The van der Waals surface area contributed by atoms with Gasteiger partial charge in [-0.25, -0.2) is 0 Å². The van der Waals surface area contributed by atoms with Crippen molar-refractivity contribution in [1.82, 2.24) is 0 Å². The van der Waals surface area contributed by atoms with Gasteiger partial charge in [-0.2, -0.15) is 0 Å². The Morgan fingerprint density at radius 3 is 2.67 bits per heavy atom. The van der Waals surface area contributed by atoms with Crippen molar-refractivity contribution < 1.29 is 0 Å². The molecule has 1 aliphatic carbocycles. The van der Waals surface area contributed by atoms with Crippen molar-refractivity contribution in [2.75, 3.05) is 0 Å². The Hall–Kier alpha value is -1.56. The van der Waals surface area contributed by atoms with Crippen molar-refractivity contribution in [3.63, 3.8) is 0 Å². The molecule has 1 aliphatic rings. The van der Waals surface area contributed by atoms with E-state index in [9.17, 15) is 0 Å². The monoisotopic (exact) mass is 196 g/mol. The van der Waals surface area contributed by atoms with E-state index in [0.29, 0.717) is 0 Å². The second-order valence-corrected chi connectivity index (χ2v) is 3.75. The number of allylic oxidation sites excluding steroid dienone is 6. The van der Waals surface area contributed by atoms with Gasteiger partial charge >= 0.3 is 0 Å². The molecule has 2 rings (SSSR count). The molecule has 0 atom stereocenters. The van der Waals surface area contributed by atoms with E-state index in [2.05, 4.69) is 62.4 Å². The summed E-state index contributed by atoms with van der Waals surface area (Å²) in [5.41, 5.74) is 5.66. The fraction of sp³-hybridized carbons (Fsp3) is 0.200. The Labute approximate surface area is 91.6 Å². The number of rotatable bonds is 1. The maximum atomic E-state index is 2.22. The van der Waals surface area contributed by atoms with Gasteiger partial charge in [0.15, 0.2) is 0 Å². The lowest BCUT2D eigenvalue weighted by Gasteiger charge is -1.99.